The summed E-state index contributed by atoms with van der Waals surface area (Å²) in [4.78, 5) is 24.6. The van der Waals surface area contributed by atoms with Crippen LogP contribution in [0.4, 0.5) is 8.78 Å². The van der Waals surface area contributed by atoms with Crippen molar-refractivity contribution in [1.82, 2.24) is 0 Å². The summed E-state index contributed by atoms with van der Waals surface area (Å²) in [6, 6.07) is 11.6. The Bertz CT molecular complexity index is 1110. The maximum absolute atomic E-state index is 14.7. The maximum atomic E-state index is 14.7. The van der Waals surface area contributed by atoms with Gasteiger partial charge in [0.15, 0.2) is 6.17 Å². The molecule has 1 fully saturated rings. The van der Waals surface area contributed by atoms with Gasteiger partial charge in [-0.1, -0.05) is 83.8 Å². The molecule has 1 saturated carbocycles. The number of carbonyl (C=O) groups excluding carboxylic acids is 2. The van der Waals surface area contributed by atoms with Crippen molar-refractivity contribution in [1.29, 1.82) is 0 Å². The number of hydrogen-bond donors (Lipinski definition) is 0. The molecule has 0 aliphatic heterocycles. The van der Waals surface area contributed by atoms with Gasteiger partial charge in [-0.3, -0.25) is 0 Å². The highest BCUT2D eigenvalue weighted by Crippen LogP contribution is 2.30. The van der Waals surface area contributed by atoms with Crippen LogP contribution in [-0.2, 0) is 16.0 Å². The third-order valence-corrected chi connectivity index (χ3v) is 8.55. The average Bonchev–Trinajstić information content (AvgIpc) is 3.03. The molecule has 0 unspecified atom stereocenters. The topological polar surface area (TPSA) is 61.8 Å². The van der Waals surface area contributed by atoms with Gasteiger partial charge in [0.05, 0.1) is 12.2 Å². The van der Waals surface area contributed by atoms with Crippen LogP contribution in [0.15, 0.2) is 42.5 Å². The first-order chi connectivity index (χ1) is 21.4. The zero-order valence-corrected chi connectivity index (χ0v) is 26.8. The molecule has 1 aliphatic carbocycles. The van der Waals surface area contributed by atoms with Crippen molar-refractivity contribution in [3.63, 3.8) is 0 Å². The van der Waals surface area contributed by atoms with Crippen molar-refractivity contribution in [3.05, 3.63) is 59.4 Å². The monoisotopic (exact) mass is 614 g/mol. The number of ether oxygens (including phenoxy) is 3. The second kappa shape index (κ2) is 20.1. The van der Waals surface area contributed by atoms with E-state index >= 15 is 0 Å². The number of carbonyl (C=O) groups is 2. The van der Waals surface area contributed by atoms with Crippen LogP contribution >= 0.6 is 0 Å². The standard InChI is InChI=1S/C37H52F2O5/c1-3-5-7-8-9-10-11-12-26-42-32-24-25-33(35(39)27-32)36(40)43-30-20-16-28(17-21-30)14-15-29-18-22-31(23-19-29)44-37(41)34(38)13-6-4-2/h16-17,20-21,24-25,27,29,31,34H,3-15,18-19,22-23,26H2,1-2H3/t29?,31?,34-/m0/s1. The normalized spacial score (nSPS) is 17.2. The number of alkyl halides is 1. The fourth-order valence-electron chi connectivity index (χ4n) is 5.71. The van der Waals surface area contributed by atoms with Gasteiger partial charge in [0, 0.05) is 6.07 Å². The van der Waals surface area contributed by atoms with Crippen LogP contribution in [0.2, 0.25) is 0 Å². The molecule has 5 nitrogen and oxygen atoms in total. The first-order valence-electron chi connectivity index (χ1n) is 17.0. The molecule has 2 aromatic carbocycles. The first-order valence-corrected chi connectivity index (χ1v) is 17.0. The van der Waals surface area contributed by atoms with E-state index in [4.69, 9.17) is 14.2 Å². The summed E-state index contributed by atoms with van der Waals surface area (Å²) in [6.07, 6.45) is 15.0. The van der Waals surface area contributed by atoms with Crippen LogP contribution < -0.4 is 9.47 Å². The molecule has 1 atom stereocenters. The lowest BCUT2D eigenvalue weighted by Gasteiger charge is -2.28. The second-order valence-corrected chi connectivity index (χ2v) is 12.2. The largest absolute Gasteiger partial charge is 0.493 e. The molecule has 0 aromatic heterocycles. The van der Waals surface area contributed by atoms with E-state index in [0.29, 0.717) is 30.4 Å². The molecule has 44 heavy (non-hydrogen) atoms. The Kier molecular flexibility index (Phi) is 16.3. The zero-order chi connectivity index (χ0) is 31.6. The third kappa shape index (κ3) is 13.0. The fraction of sp³-hybridized carbons (Fsp3) is 0.622. The summed E-state index contributed by atoms with van der Waals surface area (Å²) in [5, 5.41) is 0. The van der Waals surface area contributed by atoms with Crippen molar-refractivity contribution in [2.24, 2.45) is 5.92 Å². The molecule has 0 N–H and O–H groups in total. The highest BCUT2D eigenvalue weighted by molar-refractivity contribution is 5.91. The summed E-state index contributed by atoms with van der Waals surface area (Å²) in [5.74, 6) is -0.811. The Balaban J connectivity index is 1.33. The molecule has 7 heteroatoms. The Hall–Kier alpha value is -2.96. The molecule has 244 valence electrons. The van der Waals surface area contributed by atoms with Gasteiger partial charge in [0.1, 0.15) is 23.4 Å². The number of esters is 2. The van der Waals surface area contributed by atoms with E-state index in [1.807, 2.05) is 19.1 Å². The van der Waals surface area contributed by atoms with E-state index in [9.17, 15) is 18.4 Å². The number of unbranched alkanes of at least 4 members (excludes halogenated alkanes) is 8. The van der Waals surface area contributed by atoms with Gasteiger partial charge < -0.3 is 14.2 Å². The number of aryl methyl sites for hydroxylation is 1. The molecule has 0 spiro atoms. The van der Waals surface area contributed by atoms with Crippen LogP contribution in [0.5, 0.6) is 11.5 Å². The van der Waals surface area contributed by atoms with Gasteiger partial charge in [-0.25, -0.2) is 18.4 Å². The van der Waals surface area contributed by atoms with E-state index in [0.717, 1.165) is 63.4 Å². The minimum Gasteiger partial charge on any atom is -0.493 e. The smallest absolute Gasteiger partial charge is 0.346 e. The summed E-state index contributed by atoms with van der Waals surface area (Å²) >= 11 is 0. The Morgan fingerprint density at radius 2 is 1.45 bits per heavy atom. The summed E-state index contributed by atoms with van der Waals surface area (Å²) < 4.78 is 45.1. The third-order valence-electron chi connectivity index (χ3n) is 8.55. The minimum atomic E-state index is -1.51. The second-order valence-electron chi connectivity index (χ2n) is 12.2. The quantitative estimate of drug-likeness (QED) is 0.0844. The molecule has 0 amide bonds. The van der Waals surface area contributed by atoms with Gasteiger partial charge in [0.25, 0.3) is 0 Å². The van der Waals surface area contributed by atoms with Crippen molar-refractivity contribution < 1.29 is 32.6 Å². The van der Waals surface area contributed by atoms with E-state index in [1.165, 1.54) is 50.7 Å². The van der Waals surface area contributed by atoms with Crippen LogP contribution in [0.25, 0.3) is 0 Å². The SMILES string of the molecule is CCCCCCCCCCOc1ccc(C(=O)Oc2ccc(CCC3CCC(OC(=O)[C@@H](F)CCCC)CC3)cc2)c(F)c1. The number of rotatable bonds is 20. The van der Waals surface area contributed by atoms with Crippen LogP contribution in [0.1, 0.15) is 133 Å². The van der Waals surface area contributed by atoms with E-state index in [2.05, 4.69) is 6.92 Å². The van der Waals surface area contributed by atoms with Crippen molar-refractivity contribution in [2.45, 2.75) is 135 Å². The fourth-order valence-corrected chi connectivity index (χ4v) is 5.71. The summed E-state index contributed by atoms with van der Waals surface area (Å²) in [7, 11) is 0. The van der Waals surface area contributed by atoms with Crippen molar-refractivity contribution in [3.8, 4) is 11.5 Å². The Morgan fingerprint density at radius 3 is 2.11 bits per heavy atom. The lowest BCUT2D eigenvalue weighted by atomic mass is 9.83. The predicted molar refractivity (Wildman–Crippen MR) is 170 cm³/mol. The van der Waals surface area contributed by atoms with Crippen LogP contribution in [0, 0.1) is 11.7 Å². The first kappa shape index (κ1) is 35.5. The molecular formula is C37H52F2O5. The van der Waals surface area contributed by atoms with Gasteiger partial charge >= 0.3 is 11.9 Å². The van der Waals surface area contributed by atoms with Crippen molar-refractivity contribution >= 4 is 11.9 Å². The lowest BCUT2D eigenvalue weighted by Crippen LogP contribution is -2.29. The molecule has 1 aliphatic rings. The molecule has 2 aromatic rings. The molecule has 0 radical (unpaired) electrons. The van der Waals surface area contributed by atoms with Gasteiger partial charge in [-0.2, -0.15) is 0 Å². The predicted octanol–water partition coefficient (Wildman–Crippen LogP) is 10.1. The highest BCUT2D eigenvalue weighted by atomic mass is 19.1. The zero-order valence-electron chi connectivity index (χ0n) is 26.8. The van der Waals surface area contributed by atoms with Gasteiger partial charge in [0.2, 0.25) is 0 Å². The molecule has 0 bridgehead atoms. The molecule has 0 saturated heterocycles. The lowest BCUT2D eigenvalue weighted by molar-refractivity contribution is -0.157. The Morgan fingerprint density at radius 1 is 0.818 bits per heavy atom. The Labute approximate surface area is 263 Å². The molecular weight excluding hydrogens is 562 g/mol. The number of hydrogen-bond acceptors (Lipinski definition) is 5. The maximum Gasteiger partial charge on any atom is 0.346 e. The molecule has 3 rings (SSSR count). The minimum absolute atomic E-state index is 0.127. The number of benzene rings is 2. The van der Waals surface area contributed by atoms with E-state index in [-0.39, 0.29) is 18.1 Å². The summed E-state index contributed by atoms with van der Waals surface area (Å²) in [6.45, 7) is 4.72. The van der Waals surface area contributed by atoms with E-state index < -0.39 is 23.9 Å². The highest BCUT2D eigenvalue weighted by Gasteiger charge is 2.27. The number of halogens is 2. The van der Waals surface area contributed by atoms with Crippen molar-refractivity contribution in [2.75, 3.05) is 6.61 Å². The average molecular weight is 615 g/mol. The van der Waals surface area contributed by atoms with Gasteiger partial charge in [-0.15, -0.1) is 0 Å². The molecule has 0 heterocycles. The van der Waals surface area contributed by atoms with Gasteiger partial charge in [-0.05, 0) is 87.1 Å². The van der Waals surface area contributed by atoms with E-state index in [1.54, 1.807) is 18.2 Å². The van der Waals surface area contributed by atoms with Crippen LogP contribution in [-0.4, -0.2) is 30.8 Å². The summed E-state index contributed by atoms with van der Waals surface area (Å²) in [5.41, 5.74) is 0.997. The van der Waals surface area contributed by atoms with Crippen LogP contribution in [0.3, 0.4) is 0 Å².